The van der Waals surface area contributed by atoms with Gasteiger partial charge in [0.05, 0.1) is 6.42 Å². The molecule has 0 aliphatic carbocycles. The number of benzene rings is 2. The minimum absolute atomic E-state index is 0.0155. The average molecular weight is 401 g/mol. The van der Waals surface area contributed by atoms with Gasteiger partial charge in [-0.15, -0.1) is 0 Å². The summed E-state index contributed by atoms with van der Waals surface area (Å²) in [5.74, 6) is -0.555. The molecule has 0 heterocycles. The van der Waals surface area contributed by atoms with Gasteiger partial charge in [-0.2, -0.15) is 0 Å². The van der Waals surface area contributed by atoms with E-state index in [-0.39, 0.29) is 37.1 Å². The second-order valence-electron chi connectivity index (χ2n) is 7.00. The quantitative estimate of drug-likeness (QED) is 0.258. The second-order valence-corrected chi connectivity index (χ2v) is 7.00. The van der Waals surface area contributed by atoms with Gasteiger partial charge in [0.1, 0.15) is 6.61 Å². The Balaban J connectivity index is 2.02. The van der Waals surface area contributed by atoms with Crippen LogP contribution in [0.3, 0.4) is 0 Å². The van der Waals surface area contributed by atoms with Crippen molar-refractivity contribution < 1.29 is 14.3 Å². The number of carbonyl (C=O) groups excluding carboxylic acids is 2. The minimum Gasteiger partial charge on any atom is -0.461 e. The summed E-state index contributed by atoms with van der Waals surface area (Å²) in [6, 6.07) is 17.1. The van der Waals surface area contributed by atoms with Crippen molar-refractivity contribution in [1.82, 2.24) is 0 Å². The molecule has 0 spiro atoms. The van der Waals surface area contributed by atoms with E-state index < -0.39 is 0 Å². The van der Waals surface area contributed by atoms with Crippen LogP contribution in [0.4, 0.5) is 0 Å². The zero-order valence-electron chi connectivity index (χ0n) is 17.4. The van der Waals surface area contributed by atoms with E-state index in [1.807, 2.05) is 73.7 Å². The topological polar surface area (TPSA) is 43.4 Å². The van der Waals surface area contributed by atoms with Gasteiger partial charge in [0.15, 0.2) is 5.78 Å². The van der Waals surface area contributed by atoms with Gasteiger partial charge >= 0.3 is 5.97 Å². The van der Waals surface area contributed by atoms with E-state index in [2.05, 4.69) is 13.2 Å². The van der Waals surface area contributed by atoms with Crippen LogP contribution in [0.25, 0.3) is 0 Å². The number of hydrogen-bond donors (Lipinski definition) is 0. The number of esters is 1. The van der Waals surface area contributed by atoms with Crippen LogP contribution in [0.15, 0.2) is 104 Å². The van der Waals surface area contributed by atoms with Gasteiger partial charge in [-0.3, -0.25) is 9.59 Å². The number of aryl methyl sites for hydroxylation is 1. The fourth-order valence-electron chi connectivity index (χ4n) is 3.03. The molecule has 30 heavy (non-hydrogen) atoms. The number of ketones is 1. The molecule has 1 atom stereocenters. The van der Waals surface area contributed by atoms with Crippen LogP contribution in [0, 0.1) is 6.92 Å². The van der Waals surface area contributed by atoms with E-state index in [1.165, 1.54) is 0 Å². The maximum atomic E-state index is 12.8. The van der Waals surface area contributed by atoms with E-state index >= 15 is 0 Å². The molecule has 0 aromatic heterocycles. The zero-order valence-corrected chi connectivity index (χ0v) is 17.4. The Morgan fingerprint density at radius 1 is 1.00 bits per heavy atom. The number of allylic oxidation sites excluding steroid dienone is 5. The first-order valence-corrected chi connectivity index (χ1v) is 9.95. The van der Waals surface area contributed by atoms with Gasteiger partial charge in [0, 0.05) is 17.9 Å². The standard InChI is InChI=1S/C27H28O3/c1-4-10-22(5-2)11-9-18-30-27(29)20-25(23-12-7-6-8-13-23)19-26(28)24-16-14-21(3)15-17-24/h4-17,25H,1-2,18-20H2,3H3/b11-9+,22-10+. The first kappa shape index (κ1) is 22.8. The smallest absolute Gasteiger partial charge is 0.306 e. The summed E-state index contributed by atoms with van der Waals surface area (Å²) in [7, 11) is 0. The number of ether oxygens (including phenoxy) is 1. The Morgan fingerprint density at radius 2 is 1.70 bits per heavy atom. The normalized spacial score (nSPS) is 12.4. The lowest BCUT2D eigenvalue weighted by molar-refractivity contribution is -0.142. The number of rotatable bonds is 11. The Kier molecular flexibility index (Phi) is 9.26. The second kappa shape index (κ2) is 12.2. The fraction of sp³-hybridized carbons (Fsp3) is 0.185. The Bertz CT molecular complexity index is 918. The molecule has 0 N–H and O–H groups in total. The van der Waals surface area contributed by atoms with Gasteiger partial charge in [0.25, 0.3) is 0 Å². The molecule has 0 aliphatic rings. The van der Waals surface area contributed by atoms with E-state index in [9.17, 15) is 9.59 Å². The lowest BCUT2D eigenvalue weighted by atomic mass is 9.89. The predicted octanol–water partition coefficient (Wildman–Crippen LogP) is 6.14. The van der Waals surface area contributed by atoms with E-state index in [0.29, 0.717) is 5.56 Å². The highest BCUT2D eigenvalue weighted by Gasteiger charge is 2.21. The largest absolute Gasteiger partial charge is 0.461 e. The zero-order chi connectivity index (χ0) is 21.8. The number of hydrogen-bond acceptors (Lipinski definition) is 3. The molecule has 0 saturated heterocycles. The molecule has 0 saturated carbocycles. The van der Waals surface area contributed by atoms with Crippen molar-refractivity contribution in [1.29, 1.82) is 0 Å². The molecule has 2 aromatic carbocycles. The van der Waals surface area contributed by atoms with Gasteiger partial charge in [0.2, 0.25) is 0 Å². The first-order chi connectivity index (χ1) is 14.5. The third-order valence-electron chi connectivity index (χ3n) is 4.69. The van der Waals surface area contributed by atoms with Crippen molar-refractivity contribution in [3.63, 3.8) is 0 Å². The van der Waals surface area contributed by atoms with Gasteiger partial charge in [-0.05, 0) is 24.1 Å². The lowest BCUT2D eigenvalue weighted by Gasteiger charge is -2.16. The summed E-state index contributed by atoms with van der Waals surface area (Å²) < 4.78 is 5.35. The molecule has 3 heteroatoms. The van der Waals surface area contributed by atoms with E-state index in [1.54, 1.807) is 18.2 Å². The van der Waals surface area contributed by atoms with Crippen LogP contribution in [-0.4, -0.2) is 18.4 Å². The third-order valence-corrected chi connectivity index (χ3v) is 4.69. The van der Waals surface area contributed by atoms with Gasteiger partial charge in [-0.25, -0.2) is 0 Å². The summed E-state index contributed by atoms with van der Waals surface area (Å²) in [6.45, 7) is 9.51. The molecule has 1 unspecified atom stereocenters. The van der Waals surface area contributed by atoms with Crippen LogP contribution in [-0.2, 0) is 9.53 Å². The summed E-state index contributed by atoms with van der Waals surface area (Å²) in [6.07, 6.45) is 9.15. The van der Waals surface area contributed by atoms with Crippen LogP contribution < -0.4 is 0 Å². The van der Waals surface area contributed by atoms with Crippen molar-refractivity contribution in [2.24, 2.45) is 0 Å². The average Bonchev–Trinajstić information content (AvgIpc) is 2.76. The van der Waals surface area contributed by atoms with E-state index in [4.69, 9.17) is 4.74 Å². The fourth-order valence-corrected chi connectivity index (χ4v) is 3.03. The molecular weight excluding hydrogens is 372 g/mol. The molecule has 3 nitrogen and oxygen atoms in total. The maximum absolute atomic E-state index is 12.8. The molecule has 0 aliphatic heterocycles. The first-order valence-electron chi connectivity index (χ1n) is 9.95. The summed E-state index contributed by atoms with van der Waals surface area (Å²) in [5.41, 5.74) is 3.59. The van der Waals surface area contributed by atoms with Crippen molar-refractivity contribution in [3.05, 3.63) is 120 Å². The van der Waals surface area contributed by atoms with Crippen molar-refractivity contribution in [3.8, 4) is 0 Å². The highest BCUT2D eigenvalue weighted by molar-refractivity contribution is 5.96. The third kappa shape index (κ3) is 7.51. The molecule has 0 radical (unpaired) electrons. The highest BCUT2D eigenvalue weighted by atomic mass is 16.5. The molecular formula is C27H28O3. The monoisotopic (exact) mass is 400 g/mol. The molecule has 154 valence electrons. The Labute approximate surface area is 179 Å². The Morgan fingerprint density at radius 3 is 2.33 bits per heavy atom. The molecule has 0 fully saturated rings. The van der Waals surface area contributed by atoms with Crippen molar-refractivity contribution in [2.45, 2.75) is 25.7 Å². The van der Waals surface area contributed by atoms with Crippen LogP contribution in [0.5, 0.6) is 0 Å². The van der Waals surface area contributed by atoms with Crippen LogP contribution in [0.1, 0.15) is 40.2 Å². The molecule has 0 bridgehead atoms. The number of Topliss-reactive ketones (excluding diaryl/α,β-unsaturated/α-hetero) is 1. The van der Waals surface area contributed by atoms with E-state index in [0.717, 1.165) is 16.7 Å². The predicted molar refractivity (Wildman–Crippen MR) is 123 cm³/mol. The molecule has 0 amide bonds. The van der Waals surface area contributed by atoms with Crippen molar-refractivity contribution >= 4 is 11.8 Å². The Hall–Kier alpha value is -3.46. The van der Waals surface area contributed by atoms with Crippen LogP contribution in [0.2, 0.25) is 0 Å². The molecule has 2 aromatic rings. The van der Waals surface area contributed by atoms with Crippen molar-refractivity contribution in [2.75, 3.05) is 6.61 Å². The SMILES string of the molecule is C=C/C=C(C=C)/C=C/COC(=O)CC(CC(=O)c1ccc(C)cc1)c1ccccc1. The van der Waals surface area contributed by atoms with Gasteiger partial charge < -0.3 is 4.74 Å². The lowest BCUT2D eigenvalue weighted by Crippen LogP contribution is -2.14. The van der Waals surface area contributed by atoms with Crippen LogP contribution >= 0.6 is 0 Å². The van der Waals surface area contributed by atoms with Gasteiger partial charge in [-0.1, -0.05) is 97.6 Å². The summed E-state index contributed by atoms with van der Waals surface area (Å²) >= 11 is 0. The molecule has 2 rings (SSSR count). The minimum atomic E-state index is -0.335. The highest BCUT2D eigenvalue weighted by Crippen LogP contribution is 2.26. The number of carbonyl (C=O) groups is 2. The summed E-state index contributed by atoms with van der Waals surface area (Å²) in [4.78, 5) is 25.2. The summed E-state index contributed by atoms with van der Waals surface area (Å²) in [5, 5.41) is 0. The maximum Gasteiger partial charge on any atom is 0.306 e.